The van der Waals surface area contributed by atoms with E-state index < -0.39 is 16.0 Å². The second kappa shape index (κ2) is 13.9. The molecular formula is C34H45FN8O4S. The van der Waals surface area contributed by atoms with Crippen LogP contribution in [0.4, 0.5) is 33.2 Å². The Kier molecular flexibility index (Phi) is 9.86. The minimum absolute atomic E-state index is 0.00206. The maximum absolute atomic E-state index is 15.4. The molecule has 2 aromatic heterocycles. The zero-order valence-electron chi connectivity index (χ0n) is 28.0. The molecule has 12 nitrogen and oxygen atoms in total. The Labute approximate surface area is 281 Å². The van der Waals surface area contributed by atoms with Gasteiger partial charge in [0, 0.05) is 91.2 Å². The molecular weight excluding hydrogens is 635 g/mol. The van der Waals surface area contributed by atoms with Gasteiger partial charge in [0.05, 0.1) is 36.7 Å². The Morgan fingerprint density at radius 1 is 1.19 bits per heavy atom. The Morgan fingerprint density at radius 3 is 2.62 bits per heavy atom. The van der Waals surface area contributed by atoms with E-state index in [9.17, 15) is 13.2 Å². The number of ether oxygens (including phenoxy) is 1. The minimum Gasteiger partial charge on any atom is -0.379 e. The molecule has 0 unspecified atom stereocenters. The number of carbonyl (C=O) groups excluding carboxylic acids is 1. The summed E-state index contributed by atoms with van der Waals surface area (Å²) in [6.45, 7) is 14.0. The van der Waals surface area contributed by atoms with E-state index in [0.717, 1.165) is 29.7 Å². The Morgan fingerprint density at radius 2 is 1.96 bits per heavy atom. The van der Waals surface area contributed by atoms with Gasteiger partial charge in [0.25, 0.3) is 0 Å². The summed E-state index contributed by atoms with van der Waals surface area (Å²) in [5, 5.41) is 7.09. The van der Waals surface area contributed by atoms with E-state index >= 15 is 4.39 Å². The summed E-state index contributed by atoms with van der Waals surface area (Å²) in [5.41, 5.74) is 3.69. The molecule has 0 bridgehead atoms. The van der Waals surface area contributed by atoms with Gasteiger partial charge in [-0.25, -0.2) is 27.8 Å². The number of aromatic nitrogens is 3. The van der Waals surface area contributed by atoms with Gasteiger partial charge in [-0.05, 0) is 37.5 Å². The second-order valence-corrected chi connectivity index (χ2v) is 15.6. The quantitative estimate of drug-likeness (QED) is 0.300. The molecule has 0 spiro atoms. The van der Waals surface area contributed by atoms with E-state index in [1.165, 1.54) is 12.3 Å². The highest BCUT2D eigenvalue weighted by molar-refractivity contribution is 7.90. The lowest BCUT2D eigenvalue weighted by Crippen LogP contribution is -2.57. The third-order valence-corrected chi connectivity index (χ3v) is 10.7. The number of alkyl halides is 1. The molecule has 4 atom stereocenters. The van der Waals surface area contributed by atoms with Crippen molar-refractivity contribution in [2.75, 3.05) is 78.4 Å². The van der Waals surface area contributed by atoms with E-state index in [1.807, 2.05) is 43.9 Å². The van der Waals surface area contributed by atoms with Gasteiger partial charge in [0.2, 0.25) is 11.9 Å². The van der Waals surface area contributed by atoms with Crippen molar-refractivity contribution in [3.05, 3.63) is 48.8 Å². The molecule has 0 aliphatic carbocycles. The van der Waals surface area contributed by atoms with Gasteiger partial charge < -0.3 is 25.2 Å². The molecule has 3 fully saturated rings. The van der Waals surface area contributed by atoms with E-state index in [-0.39, 0.29) is 42.1 Å². The second-order valence-electron chi connectivity index (χ2n) is 13.4. The number of piperidine rings is 1. The van der Waals surface area contributed by atoms with Crippen LogP contribution < -0.4 is 20.4 Å². The van der Waals surface area contributed by atoms with Gasteiger partial charge in [0.15, 0.2) is 0 Å². The van der Waals surface area contributed by atoms with Crippen LogP contribution in [0.1, 0.15) is 38.7 Å². The minimum atomic E-state index is -3.13. The smallest absolute Gasteiger partial charge is 0.247 e. The van der Waals surface area contributed by atoms with Crippen LogP contribution in [0.5, 0.6) is 0 Å². The molecule has 0 radical (unpaired) electrons. The standard InChI is InChI=1S/C34H45FN8O4S/c1-6-31(44)39-27-16-29(43-18-23(22(43)4)20-48(5,45)46)25-17-37-34(40-33(25)32(27)21(2)3)38-24-7-9-36-30(15-24)42-10-8-28(26(35)19-42)41-11-13-47-14-12-41/h6-7,9,15-17,21-23,26,28H,1,8,10-14,18-20H2,2-5H3,(H,39,44)(H,36,37,38,40)/t22-,23-,26+,28-/m1/s1. The molecule has 2 N–H and O–H groups in total. The third kappa shape index (κ3) is 7.25. The number of sulfone groups is 1. The maximum atomic E-state index is 15.4. The average Bonchev–Trinajstić information content (AvgIpc) is 3.05. The summed E-state index contributed by atoms with van der Waals surface area (Å²) >= 11 is 0. The van der Waals surface area contributed by atoms with Gasteiger partial charge in [0.1, 0.15) is 21.8 Å². The third-order valence-electron chi connectivity index (χ3n) is 9.69. The molecule has 3 aliphatic rings. The number of rotatable bonds is 10. The predicted octanol–water partition coefficient (Wildman–Crippen LogP) is 4.13. The summed E-state index contributed by atoms with van der Waals surface area (Å²) in [7, 11) is -3.13. The van der Waals surface area contributed by atoms with Crippen molar-refractivity contribution in [1.82, 2.24) is 19.9 Å². The van der Waals surface area contributed by atoms with Crippen LogP contribution in [0.3, 0.4) is 0 Å². The number of benzene rings is 1. The van der Waals surface area contributed by atoms with Crippen molar-refractivity contribution in [2.45, 2.75) is 51.4 Å². The zero-order chi connectivity index (χ0) is 34.2. The lowest BCUT2D eigenvalue weighted by Gasteiger charge is -2.48. The number of nitrogens with zero attached hydrogens (tertiary/aromatic N) is 6. The van der Waals surface area contributed by atoms with E-state index in [1.54, 1.807) is 12.4 Å². The molecule has 258 valence electrons. The molecule has 3 aromatic rings. The van der Waals surface area contributed by atoms with Crippen molar-refractivity contribution in [1.29, 1.82) is 0 Å². The molecule has 5 heterocycles. The normalized spacial score (nSPS) is 23.6. The van der Waals surface area contributed by atoms with E-state index in [0.29, 0.717) is 61.4 Å². The Hall–Kier alpha value is -3.88. The van der Waals surface area contributed by atoms with Crippen molar-refractivity contribution < 1.29 is 22.3 Å². The SMILES string of the molecule is C=CC(=O)Nc1cc(N2C[C@H](CS(C)(=O)=O)[C@H]2C)c2cnc(Nc3ccnc(N4CC[C@@H](N5CCOCC5)[C@@H](F)C4)c3)nc2c1C(C)C. The van der Waals surface area contributed by atoms with Gasteiger partial charge >= 0.3 is 0 Å². The summed E-state index contributed by atoms with van der Waals surface area (Å²) in [5.74, 6) is 0.808. The fourth-order valence-corrected chi connectivity index (χ4v) is 8.33. The fraction of sp³-hybridized carbons (Fsp3) is 0.529. The van der Waals surface area contributed by atoms with E-state index in [2.05, 4.69) is 37.0 Å². The van der Waals surface area contributed by atoms with Crippen molar-refractivity contribution in [2.24, 2.45) is 5.92 Å². The number of amides is 1. The van der Waals surface area contributed by atoms with Crippen LogP contribution in [0, 0.1) is 5.92 Å². The highest BCUT2D eigenvalue weighted by atomic mass is 32.2. The van der Waals surface area contributed by atoms with Gasteiger partial charge in [-0.3, -0.25) is 9.69 Å². The van der Waals surface area contributed by atoms with Crippen molar-refractivity contribution >= 4 is 55.5 Å². The number of morpholine rings is 1. The average molecular weight is 681 g/mol. The molecule has 0 saturated carbocycles. The first-order valence-electron chi connectivity index (χ1n) is 16.6. The number of pyridine rings is 1. The Balaban J connectivity index is 1.28. The summed E-state index contributed by atoms with van der Waals surface area (Å²) in [6.07, 6.45) is 5.68. The Bertz CT molecular complexity index is 1780. The first kappa shape index (κ1) is 34.0. The molecule has 1 amide bonds. The fourth-order valence-electron chi connectivity index (χ4n) is 7.17. The number of fused-ring (bicyclic) bond motifs is 1. The lowest BCUT2D eigenvalue weighted by molar-refractivity contribution is -0.111. The van der Waals surface area contributed by atoms with E-state index in [4.69, 9.17) is 9.72 Å². The number of hydrogen-bond donors (Lipinski definition) is 2. The molecule has 1 aromatic carbocycles. The van der Waals surface area contributed by atoms with Gasteiger partial charge in [-0.1, -0.05) is 20.4 Å². The molecule has 48 heavy (non-hydrogen) atoms. The van der Waals surface area contributed by atoms with Gasteiger partial charge in [-0.15, -0.1) is 0 Å². The number of anilines is 5. The molecule has 6 rings (SSSR count). The van der Waals surface area contributed by atoms with Crippen molar-refractivity contribution in [3.63, 3.8) is 0 Å². The monoisotopic (exact) mass is 680 g/mol. The highest BCUT2D eigenvalue weighted by Crippen LogP contribution is 2.42. The largest absolute Gasteiger partial charge is 0.379 e. The molecule has 3 aliphatic heterocycles. The van der Waals surface area contributed by atoms with Crippen LogP contribution in [0.15, 0.2) is 43.2 Å². The topological polar surface area (TPSA) is 133 Å². The number of halogens is 1. The predicted molar refractivity (Wildman–Crippen MR) is 188 cm³/mol. The molecule has 14 heteroatoms. The maximum Gasteiger partial charge on any atom is 0.247 e. The van der Waals surface area contributed by atoms with Crippen LogP contribution >= 0.6 is 0 Å². The summed E-state index contributed by atoms with van der Waals surface area (Å²) in [6, 6.07) is 5.49. The van der Waals surface area contributed by atoms with Crippen LogP contribution in [0.2, 0.25) is 0 Å². The summed E-state index contributed by atoms with van der Waals surface area (Å²) in [4.78, 5) is 33.0. The molecule has 3 saturated heterocycles. The lowest BCUT2D eigenvalue weighted by atomic mass is 9.89. The number of carbonyl (C=O) groups is 1. The number of hydrogen-bond acceptors (Lipinski definition) is 11. The zero-order valence-corrected chi connectivity index (χ0v) is 28.8. The van der Waals surface area contributed by atoms with Crippen LogP contribution in [0.25, 0.3) is 10.9 Å². The highest BCUT2D eigenvalue weighted by Gasteiger charge is 2.39. The van der Waals surface area contributed by atoms with Crippen molar-refractivity contribution in [3.8, 4) is 0 Å². The first-order valence-corrected chi connectivity index (χ1v) is 18.6. The van der Waals surface area contributed by atoms with Crippen LogP contribution in [-0.4, -0.2) is 110 Å². The number of nitrogens with one attached hydrogen (secondary N) is 2. The van der Waals surface area contributed by atoms with Crippen LogP contribution in [-0.2, 0) is 19.4 Å². The van der Waals surface area contributed by atoms with Gasteiger partial charge in [-0.2, -0.15) is 0 Å². The summed E-state index contributed by atoms with van der Waals surface area (Å²) < 4.78 is 44.9. The first-order chi connectivity index (χ1) is 22.9.